The minimum absolute atomic E-state index is 0.0438. The number of aromatic nitrogens is 2. The Morgan fingerprint density at radius 2 is 1.84 bits per heavy atom. The summed E-state index contributed by atoms with van der Waals surface area (Å²) >= 11 is 0. The number of benzene rings is 2. The van der Waals surface area contributed by atoms with Crippen LogP contribution >= 0.6 is 0 Å². The van der Waals surface area contributed by atoms with Crippen LogP contribution in [0.1, 0.15) is 30.7 Å². The monoisotopic (exact) mass is 433 g/mol. The third-order valence-corrected chi connectivity index (χ3v) is 6.60. The van der Waals surface area contributed by atoms with E-state index < -0.39 is 0 Å². The van der Waals surface area contributed by atoms with E-state index in [-0.39, 0.29) is 23.7 Å². The van der Waals surface area contributed by atoms with Crippen molar-refractivity contribution in [3.63, 3.8) is 0 Å². The van der Waals surface area contributed by atoms with Gasteiger partial charge in [-0.1, -0.05) is 24.1 Å². The van der Waals surface area contributed by atoms with E-state index >= 15 is 0 Å². The SMILES string of the molecule is Cc1ccc(Nc2c(-c3ccc(F)cc3)nc3n2CCN(C(=O)C2CCC[C@H]2N)C3)cc1. The fourth-order valence-corrected chi connectivity index (χ4v) is 4.76. The van der Waals surface area contributed by atoms with Crippen molar-refractivity contribution >= 4 is 17.4 Å². The van der Waals surface area contributed by atoms with Crippen LogP contribution < -0.4 is 11.1 Å². The quantitative estimate of drug-likeness (QED) is 0.646. The number of nitrogens with two attached hydrogens (primary N) is 1. The molecule has 1 amide bonds. The highest BCUT2D eigenvalue weighted by Crippen LogP contribution is 2.34. The number of carbonyl (C=O) groups excluding carboxylic acids is 1. The first kappa shape index (κ1) is 20.7. The predicted octanol–water partition coefficient (Wildman–Crippen LogP) is 4.21. The lowest BCUT2D eigenvalue weighted by Crippen LogP contribution is -2.45. The van der Waals surface area contributed by atoms with Gasteiger partial charge in [-0.25, -0.2) is 9.37 Å². The normalized spacial score (nSPS) is 20.3. The minimum atomic E-state index is -0.282. The summed E-state index contributed by atoms with van der Waals surface area (Å²) in [6.07, 6.45) is 2.80. The number of anilines is 2. The van der Waals surface area contributed by atoms with E-state index in [1.54, 1.807) is 12.1 Å². The second kappa shape index (κ2) is 8.39. The molecule has 2 aliphatic rings. The fraction of sp³-hybridized carbons (Fsp3) is 0.360. The Morgan fingerprint density at radius 1 is 1.09 bits per heavy atom. The molecule has 1 saturated carbocycles. The molecule has 0 bridgehead atoms. The Kier molecular flexibility index (Phi) is 5.43. The zero-order chi connectivity index (χ0) is 22.2. The highest BCUT2D eigenvalue weighted by Gasteiger charge is 2.35. The summed E-state index contributed by atoms with van der Waals surface area (Å²) in [6, 6.07) is 14.5. The molecule has 3 aromatic rings. The largest absolute Gasteiger partial charge is 0.340 e. The maximum absolute atomic E-state index is 13.5. The van der Waals surface area contributed by atoms with E-state index in [0.717, 1.165) is 47.8 Å². The number of amides is 1. The van der Waals surface area contributed by atoms with Gasteiger partial charge in [0.25, 0.3) is 0 Å². The van der Waals surface area contributed by atoms with Crippen molar-refractivity contribution in [2.75, 3.05) is 11.9 Å². The van der Waals surface area contributed by atoms with Crippen molar-refractivity contribution in [1.29, 1.82) is 0 Å². The first-order valence-corrected chi connectivity index (χ1v) is 11.2. The summed E-state index contributed by atoms with van der Waals surface area (Å²) in [4.78, 5) is 19.9. The van der Waals surface area contributed by atoms with Crippen LogP contribution in [0.4, 0.5) is 15.9 Å². The van der Waals surface area contributed by atoms with Gasteiger partial charge in [-0.3, -0.25) is 4.79 Å². The molecule has 3 N–H and O–H groups in total. The van der Waals surface area contributed by atoms with Crippen molar-refractivity contribution in [1.82, 2.24) is 14.5 Å². The van der Waals surface area contributed by atoms with Crippen molar-refractivity contribution < 1.29 is 9.18 Å². The first-order chi connectivity index (χ1) is 15.5. The zero-order valence-electron chi connectivity index (χ0n) is 18.2. The number of imidazole rings is 1. The van der Waals surface area contributed by atoms with Gasteiger partial charge < -0.3 is 20.5 Å². The van der Waals surface area contributed by atoms with Crippen LogP contribution in [0.5, 0.6) is 0 Å². The number of carbonyl (C=O) groups is 1. The summed E-state index contributed by atoms with van der Waals surface area (Å²) in [7, 11) is 0. The van der Waals surface area contributed by atoms with E-state index in [9.17, 15) is 9.18 Å². The van der Waals surface area contributed by atoms with Gasteiger partial charge in [0, 0.05) is 30.4 Å². The van der Waals surface area contributed by atoms with Crippen molar-refractivity contribution in [2.24, 2.45) is 11.7 Å². The molecule has 1 aromatic heterocycles. The lowest BCUT2D eigenvalue weighted by molar-refractivity contribution is -0.137. The van der Waals surface area contributed by atoms with Crippen LogP contribution in [0.15, 0.2) is 48.5 Å². The topological polar surface area (TPSA) is 76.2 Å². The van der Waals surface area contributed by atoms with E-state index in [1.807, 2.05) is 17.0 Å². The molecule has 7 heteroatoms. The molecule has 2 atom stereocenters. The summed E-state index contributed by atoms with van der Waals surface area (Å²) in [5.74, 6) is 1.46. The molecule has 0 radical (unpaired) electrons. The van der Waals surface area contributed by atoms with Crippen LogP contribution in [0.3, 0.4) is 0 Å². The molecule has 2 heterocycles. The number of nitrogens with one attached hydrogen (secondary N) is 1. The molecule has 5 rings (SSSR count). The smallest absolute Gasteiger partial charge is 0.227 e. The second-order valence-corrected chi connectivity index (χ2v) is 8.84. The second-order valence-electron chi connectivity index (χ2n) is 8.84. The molecule has 0 saturated heterocycles. The van der Waals surface area contributed by atoms with Crippen molar-refractivity contribution in [3.8, 4) is 11.3 Å². The number of hydrogen-bond acceptors (Lipinski definition) is 4. The molecule has 32 heavy (non-hydrogen) atoms. The van der Waals surface area contributed by atoms with E-state index in [0.29, 0.717) is 19.6 Å². The number of aryl methyl sites for hydroxylation is 1. The first-order valence-electron chi connectivity index (χ1n) is 11.2. The number of fused-ring (bicyclic) bond motifs is 1. The van der Waals surface area contributed by atoms with Gasteiger partial charge in [0.15, 0.2) is 0 Å². The van der Waals surface area contributed by atoms with Crippen LogP contribution in [0.2, 0.25) is 0 Å². The van der Waals surface area contributed by atoms with Crippen LogP contribution in [-0.4, -0.2) is 32.9 Å². The van der Waals surface area contributed by atoms with Gasteiger partial charge in [-0.05, 0) is 56.2 Å². The molecule has 6 nitrogen and oxygen atoms in total. The van der Waals surface area contributed by atoms with Crippen molar-refractivity contribution in [3.05, 3.63) is 65.7 Å². The maximum Gasteiger partial charge on any atom is 0.227 e. The molecule has 2 aromatic carbocycles. The standard InChI is InChI=1S/C25H28FN5O/c1-16-5-11-19(12-6-16)28-24-23(17-7-9-18(26)10-8-17)29-22-15-30(13-14-31(22)24)25(32)20-3-2-4-21(20)27/h5-12,20-21,28H,2-4,13-15,27H2,1H3/t20?,21-/m1/s1. The molecule has 166 valence electrons. The Morgan fingerprint density at radius 3 is 2.53 bits per heavy atom. The fourth-order valence-electron chi connectivity index (χ4n) is 4.76. The van der Waals surface area contributed by atoms with E-state index in [2.05, 4.69) is 28.9 Å². The third-order valence-electron chi connectivity index (χ3n) is 6.60. The van der Waals surface area contributed by atoms with Gasteiger partial charge in [-0.2, -0.15) is 0 Å². The molecule has 1 aliphatic carbocycles. The third kappa shape index (κ3) is 3.88. The average Bonchev–Trinajstić information content (AvgIpc) is 3.38. The van der Waals surface area contributed by atoms with E-state index in [1.165, 1.54) is 17.7 Å². The Hall–Kier alpha value is -3.19. The Labute approximate surface area is 187 Å². The molecule has 1 fully saturated rings. The maximum atomic E-state index is 13.5. The Balaban J connectivity index is 1.49. The van der Waals surface area contributed by atoms with Crippen LogP contribution in [-0.2, 0) is 17.9 Å². The highest BCUT2D eigenvalue weighted by molar-refractivity contribution is 5.81. The van der Waals surface area contributed by atoms with Crippen molar-refractivity contribution in [2.45, 2.75) is 45.3 Å². The minimum Gasteiger partial charge on any atom is -0.340 e. The lowest BCUT2D eigenvalue weighted by atomic mass is 10.0. The molecule has 0 spiro atoms. The van der Waals surface area contributed by atoms with Gasteiger partial charge in [0.05, 0.1) is 12.5 Å². The number of nitrogens with zero attached hydrogens (tertiary/aromatic N) is 3. The summed E-state index contributed by atoms with van der Waals surface area (Å²) in [5, 5.41) is 3.51. The Bertz CT molecular complexity index is 1120. The van der Waals surface area contributed by atoms with Gasteiger partial charge in [0.1, 0.15) is 23.2 Å². The van der Waals surface area contributed by atoms with Crippen LogP contribution in [0.25, 0.3) is 11.3 Å². The molecule has 1 unspecified atom stereocenters. The van der Waals surface area contributed by atoms with Gasteiger partial charge >= 0.3 is 0 Å². The summed E-state index contributed by atoms with van der Waals surface area (Å²) in [5.41, 5.74) is 9.91. The van der Waals surface area contributed by atoms with Gasteiger partial charge in [0.2, 0.25) is 5.91 Å². The highest BCUT2D eigenvalue weighted by atomic mass is 19.1. The predicted molar refractivity (Wildman–Crippen MR) is 123 cm³/mol. The average molecular weight is 434 g/mol. The number of hydrogen-bond donors (Lipinski definition) is 2. The van der Waals surface area contributed by atoms with Crippen LogP contribution in [0, 0.1) is 18.7 Å². The lowest BCUT2D eigenvalue weighted by Gasteiger charge is -2.31. The van der Waals surface area contributed by atoms with Gasteiger partial charge in [-0.15, -0.1) is 0 Å². The zero-order valence-corrected chi connectivity index (χ0v) is 18.2. The molecular weight excluding hydrogens is 405 g/mol. The number of rotatable bonds is 4. The van der Waals surface area contributed by atoms with E-state index in [4.69, 9.17) is 10.7 Å². The summed E-state index contributed by atoms with van der Waals surface area (Å²) in [6.45, 7) is 3.77. The molecule has 1 aliphatic heterocycles. The number of halogens is 1. The summed E-state index contributed by atoms with van der Waals surface area (Å²) < 4.78 is 15.7. The molecular formula is C25H28FN5O.